The number of anilines is 1. The van der Waals surface area contributed by atoms with Gasteiger partial charge in [-0.05, 0) is 51.7 Å². The minimum Gasteiger partial charge on any atom is -0.381 e. The predicted octanol–water partition coefficient (Wildman–Crippen LogP) is 3.36. The van der Waals surface area contributed by atoms with Gasteiger partial charge in [-0.2, -0.15) is 0 Å². The molecule has 1 atom stereocenters. The average Bonchev–Trinajstić information content (AvgIpc) is 2.91. The van der Waals surface area contributed by atoms with E-state index in [1.807, 2.05) is 26.0 Å². The van der Waals surface area contributed by atoms with Crippen LogP contribution < -0.4 is 10.0 Å². The number of hydrogen-bond donors (Lipinski definition) is 2. The third-order valence-electron chi connectivity index (χ3n) is 4.06. The fourth-order valence-electron chi connectivity index (χ4n) is 3.01. The molecule has 1 fully saturated rings. The smallest absolute Gasteiger partial charge is 0.242 e. The van der Waals surface area contributed by atoms with E-state index in [-0.39, 0.29) is 6.04 Å². The van der Waals surface area contributed by atoms with Crippen LogP contribution >= 0.6 is 0 Å². The number of para-hydroxylation sites is 1. The maximum atomic E-state index is 12.4. The molecule has 0 saturated heterocycles. The van der Waals surface area contributed by atoms with Gasteiger partial charge in [-0.15, -0.1) is 0 Å². The van der Waals surface area contributed by atoms with E-state index in [4.69, 9.17) is 0 Å². The van der Waals surface area contributed by atoms with Gasteiger partial charge in [0.05, 0.1) is 5.69 Å². The molecule has 1 aromatic carbocycles. The van der Waals surface area contributed by atoms with Crippen LogP contribution in [0.3, 0.4) is 0 Å². The first-order chi connectivity index (χ1) is 9.90. The summed E-state index contributed by atoms with van der Waals surface area (Å²) in [4.78, 5) is 0.337. The van der Waals surface area contributed by atoms with Crippen LogP contribution in [0, 0.1) is 5.92 Å². The van der Waals surface area contributed by atoms with Crippen molar-refractivity contribution in [1.82, 2.24) is 4.72 Å². The molecule has 2 N–H and O–H groups in total. The van der Waals surface area contributed by atoms with Gasteiger partial charge >= 0.3 is 0 Å². The Morgan fingerprint density at radius 3 is 2.33 bits per heavy atom. The van der Waals surface area contributed by atoms with Crippen molar-refractivity contribution in [1.29, 1.82) is 0 Å². The average molecular weight is 310 g/mol. The number of nitrogens with one attached hydrogen (secondary N) is 2. The van der Waals surface area contributed by atoms with E-state index in [0.717, 1.165) is 0 Å². The second-order valence-electron chi connectivity index (χ2n) is 6.25. The molecule has 5 heteroatoms. The third kappa shape index (κ3) is 4.20. The van der Waals surface area contributed by atoms with Crippen molar-refractivity contribution in [3.8, 4) is 0 Å². The highest BCUT2D eigenvalue weighted by molar-refractivity contribution is 7.89. The van der Waals surface area contributed by atoms with Gasteiger partial charge in [-0.25, -0.2) is 13.1 Å². The fraction of sp³-hybridized carbons (Fsp3) is 0.625. The van der Waals surface area contributed by atoms with E-state index in [1.54, 1.807) is 12.1 Å². The minimum atomic E-state index is -3.47. The Hall–Kier alpha value is -1.07. The summed E-state index contributed by atoms with van der Waals surface area (Å²) in [6, 6.07) is 7.32. The summed E-state index contributed by atoms with van der Waals surface area (Å²) >= 11 is 0. The molecule has 0 amide bonds. The molecule has 21 heavy (non-hydrogen) atoms. The Kier molecular flexibility index (Phi) is 5.27. The van der Waals surface area contributed by atoms with Crippen molar-refractivity contribution < 1.29 is 8.42 Å². The minimum absolute atomic E-state index is 0.115. The van der Waals surface area contributed by atoms with E-state index >= 15 is 0 Å². The van der Waals surface area contributed by atoms with Crippen LogP contribution in [0.15, 0.2) is 29.2 Å². The summed E-state index contributed by atoms with van der Waals surface area (Å²) < 4.78 is 27.5. The summed E-state index contributed by atoms with van der Waals surface area (Å²) in [6.07, 6.45) is 5.03. The SMILES string of the molecule is CC(C)NS(=O)(=O)c1ccccc1NC(C)C1CCCC1. The maximum Gasteiger partial charge on any atom is 0.242 e. The van der Waals surface area contributed by atoms with Crippen molar-refractivity contribution in [3.05, 3.63) is 24.3 Å². The van der Waals surface area contributed by atoms with Crippen molar-refractivity contribution in [2.45, 2.75) is 63.4 Å². The van der Waals surface area contributed by atoms with E-state index in [0.29, 0.717) is 22.5 Å². The van der Waals surface area contributed by atoms with Gasteiger partial charge in [0, 0.05) is 12.1 Å². The van der Waals surface area contributed by atoms with E-state index in [9.17, 15) is 8.42 Å². The van der Waals surface area contributed by atoms with Crippen LogP contribution in [0.4, 0.5) is 5.69 Å². The molecule has 1 saturated carbocycles. The zero-order chi connectivity index (χ0) is 15.5. The Morgan fingerprint density at radius 1 is 1.10 bits per heavy atom. The molecule has 1 unspecified atom stereocenters. The molecule has 1 aliphatic carbocycles. The highest BCUT2D eigenvalue weighted by Crippen LogP contribution is 2.30. The Morgan fingerprint density at radius 2 is 1.71 bits per heavy atom. The molecule has 2 rings (SSSR count). The normalized spacial score (nSPS) is 18.1. The molecule has 0 bridgehead atoms. The van der Waals surface area contributed by atoms with E-state index in [2.05, 4.69) is 17.0 Å². The maximum absolute atomic E-state index is 12.4. The van der Waals surface area contributed by atoms with Gasteiger partial charge in [0.15, 0.2) is 0 Å². The van der Waals surface area contributed by atoms with Crippen LogP contribution in [-0.4, -0.2) is 20.5 Å². The van der Waals surface area contributed by atoms with Crippen LogP contribution in [0.1, 0.15) is 46.5 Å². The Balaban J connectivity index is 2.20. The molecule has 1 aliphatic rings. The van der Waals surface area contributed by atoms with Crippen LogP contribution in [0.2, 0.25) is 0 Å². The summed E-state index contributed by atoms with van der Waals surface area (Å²) in [5.41, 5.74) is 0.699. The molecule has 0 aromatic heterocycles. The van der Waals surface area contributed by atoms with Crippen molar-refractivity contribution in [2.75, 3.05) is 5.32 Å². The highest BCUT2D eigenvalue weighted by atomic mass is 32.2. The topological polar surface area (TPSA) is 58.2 Å². The number of benzene rings is 1. The van der Waals surface area contributed by atoms with E-state index < -0.39 is 10.0 Å². The molecule has 1 aromatic rings. The lowest BCUT2D eigenvalue weighted by Crippen LogP contribution is -2.32. The van der Waals surface area contributed by atoms with Crippen LogP contribution in [-0.2, 0) is 10.0 Å². The van der Waals surface area contributed by atoms with Gasteiger partial charge < -0.3 is 5.32 Å². The van der Waals surface area contributed by atoms with Crippen LogP contribution in [0.25, 0.3) is 0 Å². The lowest BCUT2D eigenvalue weighted by atomic mass is 9.99. The molecule has 0 radical (unpaired) electrons. The Bertz CT molecular complexity index is 563. The molecular formula is C16H26N2O2S. The quantitative estimate of drug-likeness (QED) is 0.847. The fourth-order valence-corrected chi connectivity index (χ4v) is 4.44. The summed E-state index contributed by atoms with van der Waals surface area (Å²) in [6.45, 7) is 5.80. The summed E-state index contributed by atoms with van der Waals surface area (Å²) in [5, 5.41) is 3.41. The summed E-state index contributed by atoms with van der Waals surface area (Å²) in [5.74, 6) is 0.638. The highest BCUT2D eigenvalue weighted by Gasteiger charge is 2.24. The Labute approximate surface area is 128 Å². The van der Waals surface area contributed by atoms with Crippen LogP contribution in [0.5, 0.6) is 0 Å². The molecule has 118 valence electrons. The van der Waals surface area contributed by atoms with Gasteiger partial charge in [0.1, 0.15) is 4.90 Å². The first-order valence-corrected chi connectivity index (χ1v) is 9.26. The van der Waals surface area contributed by atoms with Gasteiger partial charge in [0.2, 0.25) is 10.0 Å². The monoisotopic (exact) mass is 310 g/mol. The zero-order valence-electron chi connectivity index (χ0n) is 13.1. The second kappa shape index (κ2) is 6.79. The molecular weight excluding hydrogens is 284 g/mol. The van der Waals surface area contributed by atoms with Crippen molar-refractivity contribution in [3.63, 3.8) is 0 Å². The predicted molar refractivity (Wildman–Crippen MR) is 86.9 cm³/mol. The van der Waals surface area contributed by atoms with Crippen molar-refractivity contribution >= 4 is 15.7 Å². The number of hydrogen-bond acceptors (Lipinski definition) is 3. The van der Waals surface area contributed by atoms with Gasteiger partial charge in [-0.1, -0.05) is 25.0 Å². The first kappa shape index (κ1) is 16.3. The summed E-state index contributed by atoms with van der Waals surface area (Å²) in [7, 11) is -3.47. The zero-order valence-corrected chi connectivity index (χ0v) is 13.9. The number of rotatable bonds is 6. The second-order valence-corrected chi connectivity index (χ2v) is 7.93. The molecule has 0 spiro atoms. The first-order valence-electron chi connectivity index (χ1n) is 7.78. The standard InChI is InChI=1S/C16H26N2O2S/c1-12(2)18-21(19,20)16-11-7-6-10-15(16)17-13(3)14-8-4-5-9-14/h6-7,10-14,17-18H,4-5,8-9H2,1-3H3. The lowest BCUT2D eigenvalue weighted by molar-refractivity contribution is 0.481. The molecule has 0 heterocycles. The largest absolute Gasteiger partial charge is 0.381 e. The van der Waals surface area contributed by atoms with Crippen molar-refractivity contribution in [2.24, 2.45) is 5.92 Å². The molecule has 4 nitrogen and oxygen atoms in total. The lowest BCUT2D eigenvalue weighted by Gasteiger charge is -2.23. The molecule has 0 aliphatic heterocycles. The van der Waals surface area contributed by atoms with E-state index in [1.165, 1.54) is 25.7 Å². The number of sulfonamides is 1. The third-order valence-corrected chi connectivity index (χ3v) is 5.77. The van der Waals surface area contributed by atoms with Gasteiger partial charge in [-0.3, -0.25) is 0 Å². The van der Waals surface area contributed by atoms with Gasteiger partial charge in [0.25, 0.3) is 0 Å².